The second-order valence-corrected chi connectivity index (χ2v) is 14.1. The number of nitrogens with one attached hydrogen (secondary N) is 4. The van der Waals surface area contributed by atoms with Gasteiger partial charge >= 0.3 is 5.97 Å². The fourth-order valence-electron chi connectivity index (χ4n) is 7.01. The Hall–Kier alpha value is -3.21. The summed E-state index contributed by atoms with van der Waals surface area (Å²) >= 11 is 0. The third-order valence-corrected chi connectivity index (χ3v) is 9.70. The van der Waals surface area contributed by atoms with Crippen molar-refractivity contribution in [3.8, 4) is 0 Å². The maximum Gasteiger partial charge on any atom is 0.335 e. The molecule has 20 atom stereocenters. The first kappa shape index (κ1) is 45.5. The lowest BCUT2D eigenvalue weighted by Gasteiger charge is -2.51. The van der Waals surface area contributed by atoms with Gasteiger partial charge in [-0.05, 0) is 13.8 Å². The highest BCUT2D eigenvalue weighted by molar-refractivity contribution is 5.75. The summed E-state index contributed by atoms with van der Waals surface area (Å²) in [5.74, 6) is -4.70. The van der Waals surface area contributed by atoms with Gasteiger partial charge in [-0.3, -0.25) is 19.2 Å². The summed E-state index contributed by atoms with van der Waals surface area (Å²) in [4.78, 5) is 61.9. The molecule has 4 aliphatic rings. The van der Waals surface area contributed by atoms with E-state index in [-0.39, 0.29) is 0 Å². The van der Waals surface area contributed by atoms with Crippen molar-refractivity contribution in [3.05, 3.63) is 0 Å². The molecule has 4 fully saturated rings. The standard InChI is InChI=1S/C32H52N4O20/c1-8-19(42)22(45)15(33-10(3)38)30(50-8)54-24-18(36-13(6)41)32(52-14(7-37)21(24)44)55-25-17(35-12(5)40)29(49)53-27(28(47)48)26(25)56-31-16(34-11(4)39)23(46)20(43)9(2)51-31/h8-9,14-27,29-32,37,42-46,49H,7H2,1-6H3,(H,33,38)(H,34,39)(H,35,40)(H,36,41)(H,47,48)/t8-,9-,14+,15-,16+,17+,18+,19-,20-,21+,22-,23-,24+,25+,26+,27-,29-,30-,31-,32+/m0/s1. The average molecular weight is 813 g/mol. The predicted octanol–water partition coefficient (Wildman–Crippen LogP) is -7.03. The highest BCUT2D eigenvalue weighted by Crippen LogP contribution is 2.35. The molecule has 0 aliphatic carbocycles. The summed E-state index contributed by atoms with van der Waals surface area (Å²) in [7, 11) is 0. The van der Waals surface area contributed by atoms with Gasteiger partial charge in [-0.2, -0.15) is 0 Å². The van der Waals surface area contributed by atoms with E-state index in [9.17, 15) is 64.8 Å². The lowest BCUT2D eigenvalue weighted by Crippen LogP contribution is -2.72. The molecule has 56 heavy (non-hydrogen) atoms. The number of amides is 4. The van der Waals surface area contributed by atoms with E-state index in [4.69, 9.17) is 33.2 Å². The second kappa shape index (κ2) is 19.0. The normalized spacial score (nSPS) is 44.2. The third kappa shape index (κ3) is 10.3. The molecule has 0 saturated carbocycles. The first-order valence-corrected chi connectivity index (χ1v) is 17.7. The molecule has 4 amide bonds. The van der Waals surface area contributed by atoms with Crippen molar-refractivity contribution in [2.75, 3.05) is 6.61 Å². The fourth-order valence-corrected chi connectivity index (χ4v) is 7.01. The van der Waals surface area contributed by atoms with E-state index >= 15 is 0 Å². The van der Waals surface area contributed by atoms with E-state index in [1.807, 2.05) is 0 Å². The number of aliphatic carboxylic acids is 1. The van der Waals surface area contributed by atoms with Crippen LogP contribution in [0.4, 0.5) is 0 Å². The quantitative estimate of drug-likeness (QED) is 0.0871. The van der Waals surface area contributed by atoms with Crippen LogP contribution in [0.2, 0.25) is 0 Å². The molecule has 4 heterocycles. The topological polar surface area (TPSA) is 360 Å². The number of carboxylic acids is 1. The highest BCUT2D eigenvalue weighted by Gasteiger charge is 2.57. The molecule has 0 aromatic rings. The van der Waals surface area contributed by atoms with E-state index in [2.05, 4.69) is 21.3 Å². The second-order valence-electron chi connectivity index (χ2n) is 14.1. The Balaban J connectivity index is 1.80. The minimum Gasteiger partial charge on any atom is -0.479 e. The van der Waals surface area contributed by atoms with Crippen molar-refractivity contribution < 1.29 is 98.0 Å². The lowest BCUT2D eigenvalue weighted by molar-refractivity contribution is -0.359. The molecule has 0 unspecified atom stereocenters. The van der Waals surface area contributed by atoms with Crippen molar-refractivity contribution in [2.24, 2.45) is 0 Å². The molecule has 0 aromatic heterocycles. The molecule has 12 N–H and O–H groups in total. The van der Waals surface area contributed by atoms with Crippen LogP contribution in [0, 0.1) is 0 Å². The number of ether oxygens (including phenoxy) is 7. The van der Waals surface area contributed by atoms with Crippen LogP contribution in [0.5, 0.6) is 0 Å². The number of hydrogen-bond acceptors (Lipinski definition) is 19. The number of hydrogen-bond donors (Lipinski definition) is 12. The number of aliphatic hydroxyl groups is 7. The smallest absolute Gasteiger partial charge is 0.335 e. The van der Waals surface area contributed by atoms with Crippen LogP contribution < -0.4 is 21.3 Å². The third-order valence-electron chi connectivity index (χ3n) is 9.70. The van der Waals surface area contributed by atoms with Crippen LogP contribution in [0.3, 0.4) is 0 Å². The zero-order valence-electron chi connectivity index (χ0n) is 31.2. The van der Waals surface area contributed by atoms with E-state index in [1.54, 1.807) is 0 Å². The van der Waals surface area contributed by atoms with Crippen LogP contribution in [0.1, 0.15) is 41.5 Å². The molecular formula is C32H52N4O20. The van der Waals surface area contributed by atoms with E-state index in [1.165, 1.54) is 13.8 Å². The molecule has 4 saturated heterocycles. The van der Waals surface area contributed by atoms with Gasteiger partial charge in [0.25, 0.3) is 0 Å². The minimum atomic E-state index is -2.15. The molecule has 0 spiro atoms. The molecule has 24 nitrogen and oxygen atoms in total. The summed E-state index contributed by atoms with van der Waals surface area (Å²) < 4.78 is 41.1. The number of aliphatic hydroxyl groups excluding tert-OH is 7. The van der Waals surface area contributed by atoms with Crippen molar-refractivity contribution in [1.82, 2.24) is 21.3 Å². The summed E-state index contributed by atoms with van der Waals surface area (Å²) in [5, 5.41) is 95.2. The number of carbonyl (C=O) groups excluding carboxylic acids is 4. The molecule has 24 heteroatoms. The highest BCUT2D eigenvalue weighted by atomic mass is 16.8. The minimum absolute atomic E-state index is 0.673. The maximum absolute atomic E-state index is 12.7. The number of carboxylic acid groups (broad SMARTS) is 1. The first-order valence-electron chi connectivity index (χ1n) is 17.7. The summed E-state index contributed by atoms with van der Waals surface area (Å²) in [5.41, 5.74) is 0. The lowest BCUT2D eigenvalue weighted by atomic mass is 9.93. The van der Waals surface area contributed by atoms with Gasteiger partial charge in [0.1, 0.15) is 79.1 Å². The Morgan fingerprint density at radius 2 is 0.911 bits per heavy atom. The van der Waals surface area contributed by atoms with Crippen LogP contribution in [-0.2, 0) is 57.1 Å². The van der Waals surface area contributed by atoms with Gasteiger partial charge in [0.2, 0.25) is 23.6 Å². The van der Waals surface area contributed by atoms with Gasteiger partial charge in [-0.15, -0.1) is 0 Å². The Morgan fingerprint density at radius 3 is 1.34 bits per heavy atom. The Kier molecular flexibility index (Phi) is 15.5. The summed E-state index contributed by atoms with van der Waals surface area (Å²) in [6, 6.07) is -6.35. The van der Waals surface area contributed by atoms with Crippen molar-refractivity contribution in [2.45, 2.75) is 164 Å². The Bertz CT molecular complexity index is 1410. The van der Waals surface area contributed by atoms with Crippen molar-refractivity contribution in [3.63, 3.8) is 0 Å². The van der Waals surface area contributed by atoms with Gasteiger partial charge < -0.3 is 95.3 Å². The molecule has 0 radical (unpaired) electrons. The van der Waals surface area contributed by atoms with Gasteiger partial charge in [-0.1, -0.05) is 0 Å². The molecule has 0 bridgehead atoms. The molecule has 0 aromatic carbocycles. The molecule has 4 rings (SSSR count). The van der Waals surface area contributed by atoms with E-state index in [0.29, 0.717) is 0 Å². The first-order chi connectivity index (χ1) is 26.2. The molecule has 4 aliphatic heterocycles. The monoisotopic (exact) mass is 812 g/mol. The Morgan fingerprint density at radius 1 is 0.518 bits per heavy atom. The van der Waals surface area contributed by atoms with Crippen molar-refractivity contribution in [1.29, 1.82) is 0 Å². The average Bonchev–Trinajstić information content (AvgIpc) is 3.10. The van der Waals surface area contributed by atoms with Crippen LogP contribution in [-0.4, -0.2) is 200 Å². The maximum atomic E-state index is 12.7. The fraction of sp³-hybridized carbons (Fsp3) is 0.844. The SMILES string of the molecule is CC(=O)N[C@@H]1[C@H](O[C@H]2[C@H](O)[C@@H](CO)O[C@H](O[C@@H]3[C@@H](NC(C)=O)[C@@H](O)O[C@H](C(=O)O)[C@@H]3O[C@@H]3O[C@@H](C)[C@H](O)[C@@H](O)[C@H]3NC(C)=O)[C@@H]2NC(C)=O)O[C@@H](C)[C@H](O)[C@H]1O. The van der Waals surface area contributed by atoms with E-state index < -0.39 is 159 Å². The summed E-state index contributed by atoms with van der Waals surface area (Å²) in [6.45, 7) is 6.10. The van der Waals surface area contributed by atoms with Gasteiger partial charge in [0, 0.05) is 27.7 Å². The van der Waals surface area contributed by atoms with Crippen LogP contribution >= 0.6 is 0 Å². The number of rotatable bonds is 12. The molecular weight excluding hydrogens is 760 g/mol. The van der Waals surface area contributed by atoms with Gasteiger partial charge in [0.15, 0.2) is 31.3 Å². The van der Waals surface area contributed by atoms with Crippen molar-refractivity contribution >= 4 is 29.6 Å². The number of carbonyl (C=O) groups is 5. The predicted molar refractivity (Wildman–Crippen MR) is 178 cm³/mol. The Labute approximate surface area is 319 Å². The zero-order valence-corrected chi connectivity index (χ0v) is 31.2. The van der Waals surface area contributed by atoms with Crippen LogP contribution in [0.15, 0.2) is 0 Å². The van der Waals surface area contributed by atoms with Crippen LogP contribution in [0.25, 0.3) is 0 Å². The van der Waals surface area contributed by atoms with Gasteiger partial charge in [0.05, 0.1) is 18.8 Å². The summed E-state index contributed by atoms with van der Waals surface area (Å²) in [6.07, 6.45) is -27.3. The molecule has 320 valence electrons. The zero-order chi connectivity index (χ0) is 41.9. The van der Waals surface area contributed by atoms with Gasteiger partial charge in [-0.25, -0.2) is 4.79 Å². The largest absolute Gasteiger partial charge is 0.479 e. The van der Waals surface area contributed by atoms with E-state index in [0.717, 1.165) is 27.7 Å².